The van der Waals surface area contributed by atoms with E-state index in [-0.39, 0.29) is 35.0 Å². The normalized spacial score (nSPS) is 21.3. The fourth-order valence-corrected chi connectivity index (χ4v) is 4.25. The van der Waals surface area contributed by atoms with Crippen LogP contribution in [0.15, 0.2) is 95.2 Å². The lowest BCUT2D eigenvalue weighted by molar-refractivity contribution is -0.114. The molecule has 0 aliphatic heterocycles. The molecule has 30 heavy (non-hydrogen) atoms. The Labute approximate surface area is 175 Å². The first-order valence-corrected chi connectivity index (χ1v) is 10.1. The fourth-order valence-electron chi connectivity index (χ4n) is 4.25. The molecule has 4 rings (SSSR count). The molecule has 0 N–H and O–H groups in total. The highest BCUT2D eigenvalue weighted by molar-refractivity contribution is 5.95. The van der Waals surface area contributed by atoms with E-state index in [2.05, 4.69) is 0 Å². The van der Waals surface area contributed by atoms with Crippen LogP contribution < -0.4 is 0 Å². The largest absolute Gasteiger partial charge is 0.295 e. The molecule has 0 unspecified atom stereocenters. The minimum absolute atomic E-state index is 0.0575. The van der Waals surface area contributed by atoms with Crippen LogP contribution in [-0.2, 0) is 19.2 Å². The molecule has 0 aromatic rings. The lowest BCUT2D eigenvalue weighted by Crippen LogP contribution is -2.25. The van der Waals surface area contributed by atoms with E-state index >= 15 is 0 Å². The summed E-state index contributed by atoms with van der Waals surface area (Å²) in [5.74, 6) is -0.0348. The van der Waals surface area contributed by atoms with Crippen LogP contribution in [-0.4, -0.2) is 23.1 Å². The van der Waals surface area contributed by atoms with E-state index in [0.717, 1.165) is 22.3 Å². The van der Waals surface area contributed by atoms with Crippen molar-refractivity contribution in [2.24, 2.45) is 11.8 Å². The first-order valence-electron chi connectivity index (χ1n) is 10.1. The highest BCUT2D eigenvalue weighted by Gasteiger charge is 2.33. The van der Waals surface area contributed by atoms with E-state index in [1.54, 1.807) is 24.3 Å². The molecule has 0 spiro atoms. The maximum Gasteiger partial charge on any atom is 0.159 e. The van der Waals surface area contributed by atoms with Crippen molar-refractivity contribution in [3.8, 4) is 0 Å². The van der Waals surface area contributed by atoms with Crippen molar-refractivity contribution in [1.29, 1.82) is 0 Å². The van der Waals surface area contributed by atoms with Crippen molar-refractivity contribution in [3.05, 3.63) is 95.2 Å². The van der Waals surface area contributed by atoms with Gasteiger partial charge in [-0.1, -0.05) is 48.6 Å². The first kappa shape index (κ1) is 19.9. The summed E-state index contributed by atoms with van der Waals surface area (Å²) in [5.41, 5.74) is 4.01. The average molecular weight is 398 g/mol. The standard InChI is InChI=1S/C26H22O4/c27-21-9-1-17(2-10-21)25(18-3-11-22(28)12-4-18)26(19-5-13-23(29)14-6-19)20-7-15-24(30)16-8-20/h1-9,11,13,15,25-26H,10,12,14,16H2. The topological polar surface area (TPSA) is 68.3 Å². The third kappa shape index (κ3) is 4.28. The van der Waals surface area contributed by atoms with Crippen LogP contribution in [0.1, 0.15) is 25.7 Å². The lowest BCUT2D eigenvalue weighted by atomic mass is 9.69. The second kappa shape index (κ2) is 8.54. The van der Waals surface area contributed by atoms with Gasteiger partial charge in [-0.25, -0.2) is 0 Å². The van der Waals surface area contributed by atoms with E-state index in [9.17, 15) is 19.2 Å². The molecule has 4 aliphatic carbocycles. The monoisotopic (exact) mass is 398 g/mol. The third-order valence-electron chi connectivity index (χ3n) is 5.77. The summed E-state index contributed by atoms with van der Waals surface area (Å²) in [5, 5.41) is 0. The molecule has 4 nitrogen and oxygen atoms in total. The highest BCUT2D eigenvalue weighted by atomic mass is 16.1. The minimum Gasteiger partial charge on any atom is -0.295 e. The van der Waals surface area contributed by atoms with Crippen LogP contribution in [0.5, 0.6) is 0 Å². The van der Waals surface area contributed by atoms with Gasteiger partial charge in [0.25, 0.3) is 0 Å². The maximum absolute atomic E-state index is 11.8. The molecule has 4 heteroatoms. The van der Waals surface area contributed by atoms with Crippen LogP contribution in [0.3, 0.4) is 0 Å². The van der Waals surface area contributed by atoms with Gasteiger partial charge >= 0.3 is 0 Å². The summed E-state index contributed by atoms with van der Waals surface area (Å²) >= 11 is 0. The summed E-state index contributed by atoms with van der Waals surface area (Å²) in [6, 6.07) is 0. The number of hydrogen-bond acceptors (Lipinski definition) is 4. The van der Waals surface area contributed by atoms with Crippen molar-refractivity contribution in [2.75, 3.05) is 0 Å². The Morgan fingerprint density at radius 3 is 0.800 bits per heavy atom. The van der Waals surface area contributed by atoms with Crippen LogP contribution >= 0.6 is 0 Å². The van der Waals surface area contributed by atoms with E-state index in [0.29, 0.717) is 25.7 Å². The highest BCUT2D eigenvalue weighted by Crippen LogP contribution is 2.43. The molecule has 0 fully saturated rings. The Bertz CT molecular complexity index is 896. The molecule has 4 aliphatic rings. The van der Waals surface area contributed by atoms with Gasteiger partial charge in [-0.3, -0.25) is 19.2 Å². The zero-order valence-corrected chi connectivity index (χ0v) is 16.5. The quantitative estimate of drug-likeness (QED) is 0.701. The van der Waals surface area contributed by atoms with Crippen molar-refractivity contribution in [2.45, 2.75) is 25.7 Å². The molecule has 0 heterocycles. The summed E-state index contributed by atoms with van der Waals surface area (Å²) in [7, 11) is 0. The van der Waals surface area contributed by atoms with Gasteiger partial charge in [-0.2, -0.15) is 0 Å². The van der Waals surface area contributed by atoms with Crippen LogP contribution in [0, 0.1) is 11.8 Å². The second-order valence-electron chi connectivity index (χ2n) is 7.79. The number of allylic oxidation sites excluding steroid dienone is 16. The molecule has 0 atom stereocenters. The number of carbonyl (C=O) groups excluding carboxylic acids is 4. The Balaban J connectivity index is 1.82. The zero-order chi connectivity index (χ0) is 21.1. The molecular weight excluding hydrogens is 376 g/mol. The number of ketones is 4. The number of hydrogen-bond donors (Lipinski definition) is 0. The predicted octanol–water partition coefficient (Wildman–Crippen LogP) is 4.04. The minimum atomic E-state index is -0.132. The fraction of sp³-hybridized carbons (Fsp3) is 0.231. The molecule has 0 aromatic carbocycles. The van der Waals surface area contributed by atoms with Crippen molar-refractivity contribution >= 4 is 23.1 Å². The van der Waals surface area contributed by atoms with E-state index in [4.69, 9.17) is 0 Å². The Hall–Kier alpha value is -3.40. The van der Waals surface area contributed by atoms with Crippen molar-refractivity contribution in [1.82, 2.24) is 0 Å². The van der Waals surface area contributed by atoms with Crippen molar-refractivity contribution in [3.63, 3.8) is 0 Å². The zero-order valence-electron chi connectivity index (χ0n) is 16.5. The molecular formula is C26H22O4. The number of rotatable bonds is 5. The number of carbonyl (C=O) groups is 4. The van der Waals surface area contributed by atoms with E-state index in [1.807, 2.05) is 48.6 Å². The first-order chi connectivity index (χ1) is 14.5. The summed E-state index contributed by atoms with van der Waals surface area (Å²) < 4.78 is 0. The lowest BCUT2D eigenvalue weighted by Gasteiger charge is -2.34. The van der Waals surface area contributed by atoms with E-state index in [1.165, 1.54) is 0 Å². The van der Waals surface area contributed by atoms with Gasteiger partial charge in [0, 0.05) is 37.5 Å². The molecule has 0 saturated carbocycles. The van der Waals surface area contributed by atoms with Crippen molar-refractivity contribution < 1.29 is 19.2 Å². The molecule has 0 bridgehead atoms. The molecule has 0 aromatic heterocycles. The Morgan fingerprint density at radius 2 is 0.633 bits per heavy atom. The Kier molecular flexibility index (Phi) is 5.66. The molecule has 0 amide bonds. The van der Waals surface area contributed by atoms with Gasteiger partial charge in [0.15, 0.2) is 23.1 Å². The van der Waals surface area contributed by atoms with Crippen LogP contribution in [0.25, 0.3) is 0 Å². The molecule has 150 valence electrons. The SMILES string of the molecule is O=C1C=CC(C(C2=CCC(=O)C=C2)C(C2=CCC(=O)C=C2)C2=CCC(=O)C=C2)=CC1. The molecule has 0 saturated heterocycles. The smallest absolute Gasteiger partial charge is 0.159 e. The predicted molar refractivity (Wildman–Crippen MR) is 114 cm³/mol. The summed E-state index contributed by atoms with van der Waals surface area (Å²) in [6.07, 6.45) is 22.9. The van der Waals surface area contributed by atoms with Gasteiger partial charge in [-0.15, -0.1) is 0 Å². The molecule has 0 radical (unpaired) electrons. The van der Waals surface area contributed by atoms with Crippen LogP contribution in [0.4, 0.5) is 0 Å². The third-order valence-corrected chi connectivity index (χ3v) is 5.77. The van der Waals surface area contributed by atoms with Gasteiger partial charge in [-0.05, 0) is 46.6 Å². The van der Waals surface area contributed by atoms with Gasteiger partial charge < -0.3 is 0 Å². The second-order valence-corrected chi connectivity index (χ2v) is 7.79. The summed E-state index contributed by atoms with van der Waals surface area (Å²) in [4.78, 5) is 47.1. The summed E-state index contributed by atoms with van der Waals surface area (Å²) in [6.45, 7) is 0. The van der Waals surface area contributed by atoms with Gasteiger partial charge in [0.2, 0.25) is 0 Å². The maximum atomic E-state index is 11.8. The van der Waals surface area contributed by atoms with Gasteiger partial charge in [0.1, 0.15) is 0 Å². The van der Waals surface area contributed by atoms with Crippen LogP contribution in [0.2, 0.25) is 0 Å². The van der Waals surface area contributed by atoms with E-state index < -0.39 is 0 Å². The average Bonchev–Trinajstić information content (AvgIpc) is 2.75. The Morgan fingerprint density at radius 1 is 0.400 bits per heavy atom. The van der Waals surface area contributed by atoms with Gasteiger partial charge in [0.05, 0.1) is 0 Å².